The molecule has 0 aliphatic rings. The summed E-state index contributed by atoms with van der Waals surface area (Å²) in [5.41, 5.74) is 1.55. The van der Waals surface area contributed by atoms with Crippen LogP contribution < -0.4 is 14.3 Å². The smallest absolute Gasteiger partial charge is 0.279 e. The Morgan fingerprint density at radius 3 is 2.50 bits per heavy atom. The Bertz CT molecular complexity index is 984. The van der Waals surface area contributed by atoms with Crippen LogP contribution >= 0.6 is 11.3 Å². The second-order valence-electron chi connectivity index (χ2n) is 6.11. The van der Waals surface area contributed by atoms with Gasteiger partial charge in [0.2, 0.25) is 0 Å². The zero-order chi connectivity index (χ0) is 18.7. The van der Waals surface area contributed by atoms with Gasteiger partial charge in [0, 0.05) is 12.6 Å². The first kappa shape index (κ1) is 18.2. The average molecular weight is 370 g/mol. The highest BCUT2D eigenvalue weighted by Gasteiger charge is 2.09. The Kier molecular flexibility index (Phi) is 5.42. The van der Waals surface area contributed by atoms with Crippen molar-refractivity contribution in [1.29, 1.82) is 0 Å². The number of nitrogens with zero attached hydrogens (tertiary/aromatic N) is 2. The molecule has 1 aromatic heterocycles. The summed E-state index contributed by atoms with van der Waals surface area (Å²) in [6.45, 7) is 6.50. The number of hydrogen-bond acceptors (Lipinski definition) is 4. The van der Waals surface area contributed by atoms with Crippen LogP contribution in [-0.4, -0.2) is 23.2 Å². The van der Waals surface area contributed by atoms with E-state index in [2.05, 4.69) is 4.99 Å². The molecule has 136 valence electrons. The summed E-state index contributed by atoms with van der Waals surface area (Å²) < 4.78 is 14.1. The first-order valence-corrected chi connectivity index (χ1v) is 9.37. The number of thiazole rings is 1. The van der Waals surface area contributed by atoms with Crippen molar-refractivity contribution in [3.63, 3.8) is 0 Å². The minimum Gasteiger partial charge on any atom is -0.494 e. The fourth-order valence-electron chi connectivity index (χ4n) is 2.58. The molecule has 2 aromatic carbocycles. The second kappa shape index (κ2) is 7.74. The minimum atomic E-state index is -0.270. The molecule has 0 aliphatic heterocycles. The first-order chi connectivity index (χ1) is 12.5. The van der Waals surface area contributed by atoms with E-state index in [1.165, 1.54) is 11.3 Å². The van der Waals surface area contributed by atoms with Crippen LogP contribution in [0.2, 0.25) is 0 Å². The van der Waals surface area contributed by atoms with E-state index >= 15 is 0 Å². The fourth-order valence-corrected chi connectivity index (χ4v) is 3.62. The molecule has 6 heteroatoms. The number of amides is 1. The maximum Gasteiger partial charge on any atom is 0.279 e. The van der Waals surface area contributed by atoms with Crippen LogP contribution in [-0.2, 0) is 7.05 Å². The summed E-state index contributed by atoms with van der Waals surface area (Å²) in [5, 5.41) is 0. The van der Waals surface area contributed by atoms with Gasteiger partial charge in [-0.05, 0) is 63.2 Å². The molecule has 0 N–H and O–H groups in total. The summed E-state index contributed by atoms with van der Waals surface area (Å²) in [4.78, 5) is 17.5. The number of rotatable bonds is 5. The maximum atomic E-state index is 12.5. The van der Waals surface area contributed by atoms with Crippen LogP contribution in [0.15, 0.2) is 47.5 Å². The molecule has 0 spiro atoms. The Morgan fingerprint density at radius 2 is 1.85 bits per heavy atom. The summed E-state index contributed by atoms with van der Waals surface area (Å²) >= 11 is 1.47. The summed E-state index contributed by atoms with van der Waals surface area (Å²) in [6, 6.07) is 13.0. The molecule has 1 heterocycles. The number of aryl methyl sites for hydroxylation is 1. The predicted molar refractivity (Wildman–Crippen MR) is 104 cm³/mol. The number of benzene rings is 2. The predicted octanol–water partition coefficient (Wildman–Crippen LogP) is 4.17. The number of hydrogen-bond donors (Lipinski definition) is 0. The van der Waals surface area contributed by atoms with Gasteiger partial charge in [0.25, 0.3) is 5.91 Å². The van der Waals surface area contributed by atoms with Gasteiger partial charge < -0.3 is 14.0 Å². The Balaban J connectivity index is 1.91. The maximum absolute atomic E-state index is 12.5. The van der Waals surface area contributed by atoms with Gasteiger partial charge in [-0.1, -0.05) is 11.3 Å². The van der Waals surface area contributed by atoms with Crippen molar-refractivity contribution in [3.8, 4) is 11.5 Å². The van der Waals surface area contributed by atoms with E-state index in [0.29, 0.717) is 17.0 Å². The van der Waals surface area contributed by atoms with Crippen molar-refractivity contribution in [2.75, 3.05) is 6.61 Å². The molecule has 3 rings (SSSR count). The van der Waals surface area contributed by atoms with Gasteiger partial charge >= 0.3 is 0 Å². The zero-order valence-corrected chi connectivity index (χ0v) is 16.2. The van der Waals surface area contributed by atoms with E-state index in [4.69, 9.17) is 9.47 Å². The SMILES string of the molecule is CCOc1ccc2c(c1)sc(=NC(=O)c1ccc(OC(C)C)cc1)n2C. The Morgan fingerprint density at radius 1 is 1.15 bits per heavy atom. The van der Waals surface area contributed by atoms with Crippen molar-refractivity contribution in [1.82, 2.24) is 4.57 Å². The highest BCUT2D eigenvalue weighted by atomic mass is 32.1. The lowest BCUT2D eigenvalue weighted by atomic mass is 10.2. The zero-order valence-electron chi connectivity index (χ0n) is 15.4. The largest absolute Gasteiger partial charge is 0.494 e. The van der Waals surface area contributed by atoms with Crippen molar-refractivity contribution in [2.24, 2.45) is 12.0 Å². The monoisotopic (exact) mass is 370 g/mol. The van der Waals surface area contributed by atoms with Gasteiger partial charge in [0.15, 0.2) is 4.80 Å². The quantitative estimate of drug-likeness (QED) is 0.677. The number of carbonyl (C=O) groups excluding carboxylic acids is 1. The van der Waals surface area contributed by atoms with E-state index < -0.39 is 0 Å². The minimum absolute atomic E-state index is 0.0976. The molecule has 0 unspecified atom stereocenters. The molecule has 0 fully saturated rings. The fraction of sp³-hybridized carbons (Fsp3) is 0.300. The van der Waals surface area contributed by atoms with E-state index in [9.17, 15) is 4.79 Å². The Labute approximate surface area is 156 Å². The normalized spacial score (nSPS) is 12.0. The lowest BCUT2D eigenvalue weighted by Crippen LogP contribution is -2.13. The standard InChI is InChI=1S/C20H22N2O3S/c1-5-24-16-10-11-17-18(12-16)26-20(22(17)4)21-19(23)14-6-8-15(9-7-14)25-13(2)3/h6-13H,5H2,1-4H3. The third-order valence-corrected chi connectivity index (χ3v) is 4.86. The summed E-state index contributed by atoms with van der Waals surface area (Å²) in [6.07, 6.45) is 0.0976. The van der Waals surface area contributed by atoms with Gasteiger partial charge in [-0.15, -0.1) is 0 Å². The molecule has 1 amide bonds. The summed E-state index contributed by atoms with van der Waals surface area (Å²) in [5.74, 6) is 1.29. The van der Waals surface area contributed by atoms with Crippen LogP contribution in [0.3, 0.4) is 0 Å². The molecular formula is C20H22N2O3S. The molecule has 0 saturated heterocycles. The van der Waals surface area contributed by atoms with E-state index in [1.54, 1.807) is 24.3 Å². The lowest BCUT2D eigenvalue weighted by Gasteiger charge is -2.09. The molecule has 5 nitrogen and oxygen atoms in total. The van der Waals surface area contributed by atoms with Gasteiger partial charge in [-0.25, -0.2) is 0 Å². The van der Waals surface area contributed by atoms with Crippen LogP contribution in [0.5, 0.6) is 11.5 Å². The molecule has 3 aromatic rings. The van der Waals surface area contributed by atoms with Gasteiger partial charge in [-0.2, -0.15) is 4.99 Å². The lowest BCUT2D eigenvalue weighted by molar-refractivity contribution is 0.0998. The van der Waals surface area contributed by atoms with E-state index in [-0.39, 0.29) is 12.0 Å². The van der Waals surface area contributed by atoms with Crippen molar-refractivity contribution < 1.29 is 14.3 Å². The molecular weight excluding hydrogens is 348 g/mol. The van der Waals surface area contributed by atoms with Gasteiger partial charge in [0.05, 0.1) is 22.9 Å². The molecule has 0 atom stereocenters. The molecule has 0 radical (unpaired) electrons. The Hall–Kier alpha value is -2.60. The number of carbonyl (C=O) groups is 1. The summed E-state index contributed by atoms with van der Waals surface area (Å²) in [7, 11) is 1.91. The topological polar surface area (TPSA) is 52.8 Å². The van der Waals surface area contributed by atoms with Crippen LogP contribution in [0.25, 0.3) is 10.2 Å². The van der Waals surface area contributed by atoms with Crippen molar-refractivity contribution in [2.45, 2.75) is 26.9 Å². The van der Waals surface area contributed by atoms with Crippen molar-refractivity contribution in [3.05, 3.63) is 52.8 Å². The first-order valence-electron chi connectivity index (χ1n) is 8.56. The van der Waals surface area contributed by atoms with Crippen LogP contribution in [0, 0.1) is 0 Å². The number of ether oxygens (including phenoxy) is 2. The third-order valence-electron chi connectivity index (χ3n) is 3.76. The van der Waals surface area contributed by atoms with E-state index in [1.807, 2.05) is 50.6 Å². The van der Waals surface area contributed by atoms with E-state index in [0.717, 1.165) is 21.7 Å². The number of aromatic nitrogens is 1. The highest BCUT2D eigenvalue weighted by Crippen LogP contribution is 2.23. The molecule has 0 saturated carbocycles. The molecule has 0 bridgehead atoms. The second-order valence-corrected chi connectivity index (χ2v) is 7.12. The molecule has 0 aliphatic carbocycles. The van der Waals surface area contributed by atoms with Gasteiger partial charge in [0.1, 0.15) is 11.5 Å². The van der Waals surface area contributed by atoms with Crippen LogP contribution in [0.1, 0.15) is 31.1 Å². The molecule has 26 heavy (non-hydrogen) atoms. The van der Waals surface area contributed by atoms with Crippen molar-refractivity contribution >= 4 is 27.5 Å². The van der Waals surface area contributed by atoms with Crippen LogP contribution in [0.4, 0.5) is 0 Å². The van der Waals surface area contributed by atoms with Gasteiger partial charge in [-0.3, -0.25) is 4.79 Å². The number of fused-ring (bicyclic) bond motifs is 1. The average Bonchev–Trinajstić information content (AvgIpc) is 2.90. The third kappa shape index (κ3) is 3.96. The highest BCUT2D eigenvalue weighted by molar-refractivity contribution is 7.16.